The molecule has 1 aromatic heterocycles. The molecule has 0 spiro atoms. The Hall–Kier alpha value is -2.44. The van der Waals surface area contributed by atoms with E-state index in [4.69, 9.17) is 0 Å². The molecule has 2 heterocycles. The van der Waals surface area contributed by atoms with Gasteiger partial charge in [0.15, 0.2) is 0 Å². The molecule has 0 saturated carbocycles. The molecule has 0 bridgehead atoms. The lowest BCUT2D eigenvalue weighted by Crippen LogP contribution is -2.34. The highest BCUT2D eigenvalue weighted by Gasteiger charge is 2.16. The molecule has 128 valence electrons. The zero-order valence-electron chi connectivity index (χ0n) is 13.5. The molecule has 0 radical (unpaired) electrons. The molecular weight excluding hydrogens is 311 g/mol. The molecule has 3 rings (SSSR count). The van der Waals surface area contributed by atoms with Gasteiger partial charge in [-0.15, -0.1) is 0 Å². The summed E-state index contributed by atoms with van der Waals surface area (Å²) in [4.78, 5) is 24.3. The second-order valence-corrected chi connectivity index (χ2v) is 6.05. The van der Waals surface area contributed by atoms with Crippen molar-refractivity contribution >= 4 is 5.91 Å². The van der Waals surface area contributed by atoms with Crippen molar-refractivity contribution in [3.63, 3.8) is 0 Å². The first-order chi connectivity index (χ1) is 11.6. The topological polar surface area (TPSA) is 68.9 Å². The van der Waals surface area contributed by atoms with Gasteiger partial charge in [-0.05, 0) is 37.0 Å². The van der Waals surface area contributed by atoms with Gasteiger partial charge in [0.1, 0.15) is 18.2 Å². The van der Waals surface area contributed by atoms with Gasteiger partial charge in [0.05, 0.1) is 0 Å². The van der Waals surface area contributed by atoms with Crippen LogP contribution in [0.2, 0.25) is 0 Å². The summed E-state index contributed by atoms with van der Waals surface area (Å²) in [6.45, 7) is 1.05. The van der Waals surface area contributed by atoms with Gasteiger partial charge in [0.2, 0.25) is 5.91 Å². The predicted molar refractivity (Wildman–Crippen MR) is 87.2 cm³/mol. The van der Waals surface area contributed by atoms with Crippen molar-refractivity contribution in [1.82, 2.24) is 19.7 Å². The molecule has 1 amide bonds. The van der Waals surface area contributed by atoms with Crippen LogP contribution < -0.4 is 11.0 Å². The van der Waals surface area contributed by atoms with E-state index in [1.54, 1.807) is 16.7 Å². The summed E-state index contributed by atoms with van der Waals surface area (Å²) in [5.41, 5.74) is 0.739. The Morgan fingerprint density at radius 2 is 2.00 bits per heavy atom. The van der Waals surface area contributed by atoms with E-state index in [0.29, 0.717) is 19.5 Å². The van der Waals surface area contributed by atoms with Crippen molar-refractivity contribution in [2.75, 3.05) is 6.54 Å². The Labute approximate surface area is 139 Å². The van der Waals surface area contributed by atoms with Crippen molar-refractivity contribution < 1.29 is 9.18 Å². The van der Waals surface area contributed by atoms with Crippen molar-refractivity contribution in [3.05, 3.63) is 52.0 Å². The number of benzene rings is 1. The van der Waals surface area contributed by atoms with E-state index in [1.165, 1.54) is 16.8 Å². The lowest BCUT2D eigenvalue weighted by atomic mass is 10.1. The van der Waals surface area contributed by atoms with Gasteiger partial charge in [-0.1, -0.05) is 18.6 Å². The SMILES string of the molecule is O=C(Cn1nc2n(c1=O)CCCCC2)NCCc1ccc(F)cc1. The minimum atomic E-state index is -0.276. The number of fused-ring (bicyclic) bond motifs is 1. The molecule has 1 aliphatic heterocycles. The second kappa shape index (κ2) is 7.42. The molecule has 24 heavy (non-hydrogen) atoms. The number of hydrogen-bond donors (Lipinski definition) is 1. The van der Waals surface area contributed by atoms with Gasteiger partial charge in [-0.2, -0.15) is 5.10 Å². The first-order valence-corrected chi connectivity index (χ1v) is 8.31. The molecule has 2 aromatic rings. The molecule has 6 nitrogen and oxygen atoms in total. The van der Waals surface area contributed by atoms with Crippen LogP contribution in [0.15, 0.2) is 29.1 Å². The van der Waals surface area contributed by atoms with E-state index >= 15 is 0 Å². The molecule has 0 unspecified atom stereocenters. The van der Waals surface area contributed by atoms with Crippen LogP contribution in [0.1, 0.15) is 30.7 Å². The number of nitrogens with one attached hydrogen (secondary N) is 1. The summed E-state index contributed by atoms with van der Waals surface area (Å²) in [5.74, 6) is 0.255. The second-order valence-electron chi connectivity index (χ2n) is 6.05. The summed E-state index contributed by atoms with van der Waals surface area (Å²) in [5, 5.41) is 7.06. The molecule has 0 saturated heterocycles. The fourth-order valence-electron chi connectivity index (χ4n) is 2.92. The number of nitrogens with zero attached hydrogens (tertiary/aromatic N) is 3. The normalized spacial score (nSPS) is 14.0. The third kappa shape index (κ3) is 3.90. The van der Waals surface area contributed by atoms with E-state index in [0.717, 1.165) is 37.1 Å². The van der Waals surface area contributed by atoms with Crippen molar-refractivity contribution in [2.45, 2.75) is 45.2 Å². The van der Waals surface area contributed by atoms with Crippen LogP contribution in [0.5, 0.6) is 0 Å². The first-order valence-electron chi connectivity index (χ1n) is 8.31. The Balaban J connectivity index is 1.53. The number of amides is 1. The lowest BCUT2D eigenvalue weighted by Gasteiger charge is -2.05. The fourth-order valence-corrected chi connectivity index (χ4v) is 2.92. The molecule has 0 aliphatic carbocycles. The average molecular weight is 332 g/mol. The molecule has 0 atom stereocenters. The van der Waals surface area contributed by atoms with E-state index in [-0.39, 0.29) is 24.0 Å². The van der Waals surface area contributed by atoms with Gasteiger partial charge in [0, 0.05) is 19.5 Å². The number of carbonyl (C=O) groups excluding carboxylic acids is 1. The first kappa shape index (κ1) is 16.4. The minimum absolute atomic E-state index is 0.0672. The summed E-state index contributed by atoms with van der Waals surface area (Å²) in [7, 11) is 0. The predicted octanol–water partition coefficient (Wildman–Crippen LogP) is 1.27. The molecule has 7 heteroatoms. The summed E-state index contributed by atoms with van der Waals surface area (Å²) < 4.78 is 15.8. The standard InChI is InChI=1S/C17H21FN4O2/c18-14-7-5-13(6-8-14)9-10-19-16(23)12-22-17(24)21-11-3-1-2-4-15(21)20-22/h5-8H,1-4,9-12H2,(H,19,23). The van der Waals surface area contributed by atoms with Crippen molar-refractivity contribution in [1.29, 1.82) is 0 Å². The van der Waals surface area contributed by atoms with E-state index in [9.17, 15) is 14.0 Å². The van der Waals surface area contributed by atoms with E-state index < -0.39 is 0 Å². The monoisotopic (exact) mass is 332 g/mol. The smallest absolute Gasteiger partial charge is 0.346 e. The number of hydrogen-bond acceptors (Lipinski definition) is 3. The molecule has 1 aromatic carbocycles. The van der Waals surface area contributed by atoms with Crippen LogP contribution in [0.25, 0.3) is 0 Å². The minimum Gasteiger partial charge on any atom is -0.354 e. The number of aryl methyl sites for hydroxylation is 1. The fraction of sp³-hybridized carbons (Fsp3) is 0.471. The van der Waals surface area contributed by atoms with Crippen LogP contribution in [0.4, 0.5) is 4.39 Å². The molecule has 1 aliphatic rings. The molecule has 1 N–H and O–H groups in total. The van der Waals surface area contributed by atoms with Gasteiger partial charge < -0.3 is 5.32 Å². The van der Waals surface area contributed by atoms with Crippen LogP contribution in [-0.2, 0) is 30.7 Å². The lowest BCUT2D eigenvalue weighted by molar-refractivity contribution is -0.121. The van der Waals surface area contributed by atoms with Gasteiger partial charge in [-0.3, -0.25) is 9.36 Å². The Morgan fingerprint density at radius 1 is 1.21 bits per heavy atom. The van der Waals surface area contributed by atoms with Crippen molar-refractivity contribution in [3.8, 4) is 0 Å². The van der Waals surface area contributed by atoms with Crippen LogP contribution in [0, 0.1) is 5.82 Å². The van der Waals surface area contributed by atoms with E-state index in [1.807, 2.05) is 0 Å². The van der Waals surface area contributed by atoms with Gasteiger partial charge in [0.25, 0.3) is 0 Å². The van der Waals surface area contributed by atoms with E-state index in [2.05, 4.69) is 10.4 Å². The third-order valence-electron chi connectivity index (χ3n) is 4.22. The summed E-state index contributed by atoms with van der Waals surface area (Å²) in [6, 6.07) is 6.18. The summed E-state index contributed by atoms with van der Waals surface area (Å²) in [6.07, 6.45) is 4.50. The summed E-state index contributed by atoms with van der Waals surface area (Å²) >= 11 is 0. The van der Waals surface area contributed by atoms with Crippen LogP contribution in [-0.4, -0.2) is 26.8 Å². The number of carbonyl (C=O) groups is 1. The zero-order chi connectivity index (χ0) is 16.9. The highest BCUT2D eigenvalue weighted by Crippen LogP contribution is 2.10. The van der Waals surface area contributed by atoms with Crippen LogP contribution >= 0.6 is 0 Å². The molecular formula is C17H21FN4O2. The highest BCUT2D eigenvalue weighted by molar-refractivity contribution is 5.75. The zero-order valence-corrected chi connectivity index (χ0v) is 13.5. The maximum absolute atomic E-state index is 12.8. The third-order valence-corrected chi connectivity index (χ3v) is 4.22. The number of rotatable bonds is 5. The Kier molecular flexibility index (Phi) is 5.08. The Morgan fingerprint density at radius 3 is 2.79 bits per heavy atom. The quantitative estimate of drug-likeness (QED) is 0.896. The maximum Gasteiger partial charge on any atom is 0.346 e. The molecule has 0 fully saturated rings. The number of halogens is 1. The van der Waals surface area contributed by atoms with Crippen molar-refractivity contribution in [2.24, 2.45) is 0 Å². The van der Waals surface area contributed by atoms with Gasteiger partial charge >= 0.3 is 5.69 Å². The van der Waals surface area contributed by atoms with Crippen LogP contribution in [0.3, 0.4) is 0 Å². The van der Waals surface area contributed by atoms with Gasteiger partial charge in [-0.25, -0.2) is 13.9 Å². The average Bonchev–Trinajstić information content (AvgIpc) is 2.75. The largest absolute Gasteiger partial charge is 0.354 e. The highest BCUT2D eigenvalue weighted by atomic mass is 19.1. The Bertz CT molecular complexity index is 764. The maximum atomic E-state index is 12.8. The number of aromatic nitrogens is 3.